The van der Waals surface area contributed by atoms with Gasteiger partial charge in [0.15, 0.2) is 5.17 Å². The van der Waals surface area contributed by atoms with E-state index < -0.39 is 5.91 Å². The summed E-state index contributed by atoms with van der Waals surface area (Å²) in [6.07, 6.45) is 3.45. The number of amides is 2. The molecule has 0 aliphatic carbocycles. The molecule has 1 aliphatic rings. The van der Waals surface area contributed by atoms with Crippen LogP contribution in [0.5, 0.6) is 0 Å². The van der Waals surface area contributed by atoms with Gasteiger partial charge in [0.25, 0.3) is 5.91 Å². The lowest BCUT2D eigenvalue weighted by atomic mass is 10.2. The van der Waals surface area contributed by atoms with E-state index in [9.17, 15) is 9.59 Å². The fourth-order valence-electron chi connectivity index (χ4n) is 2.59. The highest BCUT2D eigenvalue weighted by atomic mass is 32.2. The highest BCUT2D eigenvalue weighted by molar-refractivity contribution is 8.15. The minimum atomic E-state index is -0.426. The predicted molar refractivity (Wildman–Crippen MR) is 101 cm³/mol. The van der Waals surface area contributed by atoms with Crippen molar-refractivity contribution >= 4 is 40.1 Å². The van der Waals surface area contributed by atoms with Crippen LogP contribution >= 0.6 is 11.8 Å². The third-order valence-corrected chi connectivity index (χ3v) is 4.83. The average molecular weight is 365 g/mol. The number of benzene rings is 1. The highest BCUT2D eigenvalue weighted by Gasteiger charge is 2.30. The van der Waals surface area contributed by atoms with E-state index in [1.54, 1.807) is 10.6 Å². The Balaban J connectivity index is 1.55. The number of carbonyl (C=O) groups is 2. The van der Waals surface area contributed by atoms with E-state index in [4.69, 9.17) is 0 Å². The van der Waals surface area contributed by atoms with Gasteiger partial charge < -0.3 is 4.40 Å². The first-order chi connectivity index (χ1) is 12.6. The first-order valence-corrected chi connectivity index (χ1v) is 8.94. The topological polar surface area (TPSA) is 79.1 Å². The highest BCUT2D eigenvalue weighted by Crippen LogP contribution is 2.26. The second kappa shape index (κ2) is 6.64. The zero-order valence-electron chi connectivity index (χ0n) is 13.9. The number of rotatable bonds is 3. The van der Waals surface area contributed by atoms with Gasteiger partial charge in [0.1, 0.15) is 11.3 Å². The van der Waals surface area contributed by atoms with E-state index in [0.717, 1.165) is 11.3 Å². The third kappa shape index (κ3) is 3.06. The standard InChI is InChI=1S/C18H15N5O2S/c1-12-5-7-13(8-6-12)23-16(24)11-26-18(23)21-20-17(25)14-10-22-9-3-2-4-15(22)19-14/h2-10H,11H2,1H3,(H,20,25)/b21-18+. The molecule has 130 valence electrons. The molecule has 26 heavy (non-hydrogen) atoms. The van der Waals surface area contributed by atoms with Crippen LogP contribution in [0.4, 0.5) is 5.69 Å². The number of hydrogen-bond donors (Lipinski definition) is 1. The molecule has 1 fully saturated rings. The van der Waals surface area contributed by atoms with Crippen LogP contribution in [-0.2, 0) is 4.79 Å². The average Bonchev–Trinajstić information content (AvgIpc) is 3.24. The quantitative estimate of drug-likeness (QED) is 0.723. The number of hydrogen-bond acceptors (Lipinski definition) is 5. The lowest BCUT2D eigenvalue weighted by Crippen LogP contribution is -2.31. The number of aryl methyl sites for hydroxylation is 1. The Labute approximate surface area is 153 Å². The molecular formula is C18H15N5O2S. The molecular weight excluding hydrogens is 350 g/mol. The lowest BCUT2D eigenvalue weighted by Gasteiger charge is -2.15. The second-order valence-corrected chi connectivity index (χ2v) is 6.72. The summed E-state index contributed by atoms with van der Waals surface area (Å²) in [6.45, 7) is 1.98. The summed E-state index contributed by atoms with van der Waals surface area (Å²) in [4.78, 5) is 30.3. The van der Waals surface area contributed by atoms with Gasteiger partial charge in [0.05, 0.1) is 11.4 Å². The minimum absolute atomic E-state index is 0.0698. The molecule has 1 aliphatic heterocycles. The molecule has 8 heteroatoms. The molecule has 2 aromatic heterocycles. The zero-order chi connectivity index (χ0) is 18.1. The first-order valence-electron chi connectivity index (χ1n) is 7.96. The summed E-state index contributed by atoms with van der Waals surface area (Å²) in [6, 6.07) is 13.1. The van der Waals surface area contributed by atoms with E-state index >= 15 is 0 Å². The molecule has 2 amide bonds. The van der Waals surface area contributed by atoms with Gasteiger partial charge in [-0.05, 0) is 31.2 Å². The summed E-state index contributed by atoms with van der Waals surface area (Å²) in [5.41, 5.74) is 5.26. The molecule has 4 rings (SSSR count). The van der Waals surface area contributed by atoms with Crippen molar-refractivity contribution in [1.82, 2.24) is 14.8 Å². The monoisotopic (exact) mass is 365 g/mol. The maximum Gasteiger partial charge on any atom is 0.291 e. The van der Waals surface area contributed by atoms with Crippen molar-refractivity contribution in [2.75, 3.05) is 10.7 Å². The van der Waals surface area contributed by atoms with E-state index in [-0.39, 0.29) is 17.4 Å². The summed E-state index contributed by atoms with van der Waals surface area (Å²) in [5.74, 6) is -0.207. The molecule has 1 N–H and O–H groups in total. The van der Waals surface area contributed by atoms with Crippen LogP contribution in [0.25, 0.3) is 5.65 Å². The fraction of sp³-hybridized carbons (Fsp3) is 0.111. The molecule has 3 aromatic rings. The van der Waals surface area contributed by atoms with E-state index in [2.05, 4.69) is 15.5 Å². The molecule has 0 radical (unpaired) electrons. The van der Waals surface area contributed by atoms with Gasteiger partial charge >= 0.3 is 0 Å². The summed E-state index contributed by atoms with van der Waals surface area (Å²) < 4.78 is 1.76. The van der Waals surface area contributed by atoms with Crippen molar-refractivity contribution in [3.05, 3.63) is 66.1 Å². The van der Waals surface area contributed by atoms with Crippen molar-refractivity contribution in [3.8, 4) is 0 Å². The van der Waals surface area contributed by atoms with Crippen LogP contribution < -0.4 is 10.3 Å². The van der Waals surface area contributed by atoms with Crippen LogP contribution in [0.2, 0.25) is 0 Å². The smallest absolute Gasteiger partial charge is 0.291 e. The molecule has 0 saturated carbocycles. The molecule has 0 atom stereocenters. The number of hydrazone groups is 1. The zero-order valence-corrected chi connectivity index (χ0v) is 14.7. The number of anilines is 1. The van der Waals surface area contributed by atoms with Crippen molar-refractivity contribution < 1.29 is 9.59 Å². The summed E-state index contributed by atoms with van der Waals surface area (Å²) in [5, 5.41) is 4.58. The van der Waals surface area contributed by atoms with Crippen LogP contribution in [0.3, 0.4) is 0 Å². The lowest BCUT2D eigenvalue weighted by molar-refractivity contribution is -0.115. The molecule has 1 aromatic carbocycles. The minimum Gasteiger partial charge on any atom is -0.306 e. The van der Waals surface area contributed by atoms with Gasteiger partial charge in [-0.15, -0.1) is 5.10 Å². The molecule has 0 spiro atoms. The van der Waals surface area contributed by atoms with Crippen molar-refractivity contribution in [1.29, 1.82) is 0 Å². The van der Waals surface area contributed by atoms with Gasteiger partial charge in [-0.25, -0.2) is 10.4 Å². The first kappa shape index (κ1) is 16.3. The maximum atomic E-state index is 12.3. The number of pyridine rings is 1. The molecule has 7 nitrogen and oxygen atoms in total. The Bertz CT molecular complexity index is 992. The number of thioether (sulfide) groups is 1. The Morgan fingerprint density at radius 1 is 1.23 bits per heavy atom. The summed E-state index contributed by atoms with van der Waals surface area (Å²) in [7, 11) is 0. The van der Waals surface area contributed by atoms with Crippen LogP contribution in [0, 0.1) is 6.92 Å². The number of imidazole rings is 1. The second-order valence-electron chi connectivity index (χ2n) is 5.78. The van der Waals surface area contributed by atoms with E-state index in [1.807, 2.05) is 55.6 Å². The molecule has 1 saturated heterocycles. The number of amidine groups is 1. The van der Waals surface area contributed by atoms with Gasteiger partial charge in [0, 0.05) is 12.4 Å². The number of aromatic nitrogens is 2. The Hall–Kier alpha value is -3.13. The van der Waals surface area contributed by atoms with Gasteiger partial charge in [-0.1, -0.05) is 35.5 Å². The van der Waals surface area contributed by atoms with Gasteiger partial charge in [-0.2, -0.15) is 0 Å². The van der Waals surface area contributed by atoms with Gasteiger partial charge in [0.2, 0.25) is 5.91 Å². The van der Waals surface area contributed by atoms with Gasteiger partial charge in [-0.3, -0.25) is 14.5 Å². The normalized spacial score (nSPS) is 15.8. The van der Waals surface area contributed by atoms with Crippen LogP contribution in [0.15, 0.2) is 60.0 Å². The fourth-order valence-corrected chi connectivity index (χ4v) is 3.42. The summed E-state index contributed by atoms with van der Waals surface area (Å²) >= 11 is 1.29. The number of carbonyl (C=O) groups excluding carboxylic acids is 2. The van der Waals surface area contributed by atoms with E-state index in [0.29, 0.717) is 10.8 Å². The largest absolute Gasteiger partial charge is 0.306 e. The van der Waals surface area contributed by atoms with Crippen molar-refractivity contribution in [2.45, 2.75) is 6.92 Å². The van der Waals surface area contributed by atoms with Crippen LogP contribution in [-0.4, -0.2) is 32.1 Å². The Kier molecular flexibility index (Phi) is 4.18. The van der Waals surface area contributed by atoms with E-state index in [1.165, 1.54) is 16.7 Å². The van der Waals surface area contributed by atoms with Crippen molar-refractivity contribution in [2.24, 2.45) is 5.10 Å². The third-order valence-electron chi connectivity index (χ3n) is 3.91. The predicted octanol–water partition coefficient (Wildman–Crippen LogP) is 2.42. The Morgan fingerprint density at radius 3 is 2.81 bits per heavy atom. The number of nitrogens with zero attached hydrogens (tertiary/aromatic N) is 4. The molecule has 3 heterocycles. The van der Waals surface area contributed by atoms with Crippen molar-refractivity contribution in [3.63, 3.8) is 0 Å². The SMILES string of the molecule is Cc1ccc(N2C(=O)CS/C2=N/NC(=O)c2cn3ccccc3n2)cc1. The molecule has 0 unspecified atom stereocenters. The Morgan fingerprint density at radius 2 is 2.04 bits per heavy atom. The number of nitrogens with one attached hydrogen (secondary N) is 1. The van der Waals surface area contributed by atoms with Crippen LogP contribution in [0.1, 0.15) is 16.1 Å². The molecule has 0 bridgehead atoms. The maximum absolute atomic E-state index is 12.3. The number of fused-ring (bicyclic) bond motifs is 1.